The maximum atomic E-state index is 13.6. The fourth-order valence-electron chi connectivity index (χ4n) is 8.04. The molecule has 0 bridgehead atoms. The molecule has 0 unspecified atom stereocenters. The monoisotopic (exact) mass is 1020 g/mol. The number of hydrogen-bond acceptors (Lipinski definition) is 15. The normalized spacial score (nSPS) is 10.9. The van der Waals surface area contributed by atoms with Gasteiger partial charge in [0, 0.05) is 33.6 Å². The third-order valence-corrected chi connectivity index (χ3v) is 11.8. The van der Waals surface area contributed by atoms with Crippen LogP contribution in [0.4, 0.5) is 11.4 Å². The maximum absolute atomic E-state index is 13.6. The fourth-order valence-corrected chi connectivity index (χ4v) is 8.04. The van der Waals surface area contributed by atoms with Gasteiger partial charge >= 0.3 is 35.8 Å². The van der Waals surface area contributed by atoms with E-state index in [0.717, 1.165) is 61.7 Å². The number of rotatable bonds is 15. The van der Waals surface area contributed by atoms with E-state index in [1.165, 1.54) is 24.3 Å². The van der Waals surface area contributed by atoms with E-state index in [2.05, 4.69) is 30.1 Å². The van der Waals surface area contributed by atoms with Gasteiger partial charge in [-0.05, 0) is 120 Å². The van der Waals surface area contributed by atoms with E-state index < -0.39 is 86.8 Å². The number of aromatic carboxylic acids is 4. The average Bonchev–Trinajstić information content (AvgIpc) is 4.06. The number of carboxylic acids is 4. The Kier molecular flexibility index (Phi) is 13.3. The number of esters is 2. The number of fused-ring (bicyclic) bond motifs is 2. The minimum atomic E-state index is -1.59. The Labute approximate surface area is 425 Å². The highest BCUT2D eigenvalue weighted by atomic mass is 16.5. The van der Waals surface area contributed by atoms with Crippen molar-refractivity contribution in [1.82, 2.24) is 9.97 Å². The van der Waals surface area contributed by atoms with Gasteiger partial charge in [-0.15, -0.1) is 0 Å². The minimum Gasteiger partial charge on any atom is -0.478 e. The van der Waals surface area contributed by atoms with Gasteiger partial charge in [-0.3, -0.25) is 14.4 Å². The van der Waals surface area contributed by atoms with E-state index in [1.807, 2.05) is 18.2 Å². The lowest BCUT2D eigenvalue weighted by Gasteiger charge is -2.12. The lowest BCUT2D eigenvalue weighted by Crippen LogP contribution is -2.20. The van der Waals surface area contributed by atoms with Crippen LogP contribution >= 0.6 is 0 Å². The molecule has 21 nitrogen and oxygen atoms in total. The highest BCUT2D eigenvalue weighted by molar-refractivity contribution is 6.17. The summed E-state index contributed by atoms with van der Waals surface area (Å²) in [5.74, 6) is -10.1. The Morgan fingerprint density at radius 2 is 0.803 bits per heavy atom. The first-order chi connectivity index (χ1) is 36.4. The molecule has 0 aliphatic rings. The number of methoxy groups -OCH3 is 2. The van der Waals surface area contributed by atoms with Crippen molar-refractivity contribution < 1.29 is 81.9 Å². The lowest BCUT2D eigenvalue weighted by atomic mass is 9.95. The molecule has 0 aliphatic carbocycles. The molecule has 2 amide bonds. The third-order valence-electron chi connectivity index (χ3n) is 11.8. The molecule has 76 heavy (non-hydrogen) atoms. The van der Waals surface area contributed by atoms with Crippen LogP contribution in [0.3, 0.4) is 0 Å². The van der Waals surface area contributed by atoms with Crippen molar-refractivity contribution in [1.29, 1.82) is 0 Å². The molecule has 0 radical (unpaired) electrons. The zero-order valence-corrected chi connectivity index (χ0v) is 39.2. The van der Waals surface area contributed by atoms with Crippen LogP contribution in [0.1, 0.15) is 98.8 Å². The molecule has 0 spiro atoms. The van der Waals surface area contributed by atoms with Crippen LogP contribution in [0.25, 0.3) is 56.2 Å². The molecule has 0 saturated carbocycles. The summed E-state index contributed by atoms with van der Waals surface area (Å²) in [5.41, 5.74) is 1.05. The van der Waals surface area contributed by atoms with E-state index in [0.29, 0.717) is 33.3 Å². The molecule has 9 aromatic rings. The van der Waals surface area contributed by atoms with Gasteiger partial charge in [0.25, 0.3) is 11.8 Å². The molecule has 0 fully saturated rings. The Hall–Kier alpha value is -11.1. The van der Waals surface area contributed by atoms with Crippen molar-refractivity contribution in [3.63, 3.8) is 0 Å². The number of carbonyl (C=O) groups is 9. The molecular formula is C55H34N4O17. The first-order valence-electron chi connectivity index (χ1n) is 22.2. The van der Waals surface area contributed by atoms with Crippen molar-refractivity contribution in [2.45, 2.75) is 0 Å². The second kappa shape index (κ2) is 20.2. The summed E-state index contributed by atoms with van der Waals surface area (Å²) >= 11 is 0. The minimum absolute atomic E-state index is 0.112. The van der Waals surface area contributed by atoms with Gasteiger partial charge < -0.3 is 49.4 Å². The van der Waals surface area contributed by atoms with Gasteiger partial charge in [-0.1, -0.05) is 24.3 Å². The Morgan fingerprint density at radius 3 is 1.33 bits per heavy atom. The van der Waals surface area contributed by atoms with Crippen LogP contribution in [0.15, 0.2) is 142 Å². The summed E-state index contributed by atoms with van der Waals surface area (Å²) in [6.07, 6.45) is 0. The molecule has 376 valence electrons. The van der Waals surface area contributed by atoms with Crippen molar-refractivity contribution in [3.8, 4) is 34.0 Å². The van der Waals surface area contributed by atoms with Crippen LogP contribution < -0.4 is 10.6 Å². The maximum Gasteiger partial charge on any atom is 0.338 e. The molecule has 0 saturated heterocycles. The zero-order chi connectivity index (χ0) is 54.1. The molecule has 2 aromatic heterocycles. The number of benzene rings is 7. The summed E-state index contributed by atoms with van der Waals surface area (Å²) < 4.78 is 21.5. The van der Waals surface area contributed by atoms with Crippen molar-refractivity contribution in [2.24, 2.45) is 0 Å². The van der Waals surface area contributed by atoms with Gasteiger partial charge in [0.05, 0.1) is 58.7 Å². The number of amides is 2. The van der Waals surface area contributed by atoms with Crippen LogP contribution in [-0.2, 0) is 9.47 Å². The molecular weight excluding hydrogens is 989 g/mol. The summed E-state index contributed by atoms with van der Waals surface area (Å²) in [4.78, 5) is 122. The van der Waals surface area contributed by atoms with Crippen LogP contribution in [0.5, 0.6) is 0 Å². The van der Waals surface area contributed by atoms with Gasteiger partial charge in [0.1, 0.15) is 11.0 Å². The molecule has 21 heteroatoms. The molecule has 0 atom stereocenters. The van der Waals surface area contributed by atoms with Crippen LogP contribution in [0.2, 0.25) is 0 Å². The molecule has 6 N–H and O–H groups in total. The number of aromatic nitrogens is 2. The number of anilines is 2. The number of ketones is 1. The van der Waals surface area contributed by atoms with E-state index in [1.54, 1.807) is 54.6 Å². The summed E-state index contributed by atoms with van der Waals surface area (Å²) in [5, 5.41) is 43.8. The second-order valence-electron chi connectivity index (χ2n) is 16.5. The number of nitrogens with one attached hydrogen (secondary N) is 2. The SMILES string of the molecule is COC(=O)c1cc(C(=O)c2ccc(C(=O)O)c(C(=O)Nc3ccc(-c4nc5ccc(-c6ccc7oc(-c8ccc(NC(=O)c9cc(C(=O)OC)c(C(=O)O)cc9C(=O)O)cc8)nc7c6)cc5o4)cc3)c2)ccc1C(=O)O. The predicted molar refractivity (Wildman–Crippen MR) is 267 cm³/mol. The summed E-state index contributed by atoms with van der Waals surface area (Å²) in [6.45, 7) is 0. The van der Waals surface area contributed by atoms with Crippen LogP contribution in [-0.4, -0.2) is 98.0 Å². The number of oxazole rings is 2. The molecule has 0 aliphatic heterocycles. The number of carbonyl (C=O) groups excluding carboxylic acids is 5. The van der Waals surface area contributed by atoms with Crippen molar-refractivity contribution >= 4 is 87.0 Å². The van der Waals surface area contributed by atoms with E-state index in [4.69, 9.17) is 8.83 Å². The highest BCUT2D eigenvalue weighted by Crippen LogP contribution is 2.33. The largest absolute Gasteiger partial charge is 0.478 e. The summed E-state index contributed by atoms with van der Waals surface area (Å²) in [7, 11) is 2.06. The Balaban J connectivity index is 0.884. The zero-order valence-electron chi connectivity index (χ0n) is 39.2. The fraction of sp³-hybridized carbons (Fsp3) is 0.0364. The molecule has 2 heterocycles. The quantitative estimate of drug-likeness (QED) is 0.0412. The van der Waals surface area contributed by atoms with E-state index in [-0.39, 0.29) is 45.4 Å². The van der Waals surface area contributed by atoms with E-state index >= 15 is 0 Å². The van der Waals surface area contributed by atoms with Crippen molar-refractivity contribution in [3.05, 3.63) is 189 Å². The highest BCUT2D eigenvalue weighted by Gasteiger charge is 2.27. The van der Waals surface area contributed by atoms with Crippen LogP contribution in [0, 0.1) is 0 Å². The van der Waals surface area contributed by atoms with Crippen molar-refractivity contribution in [2.75, 3.05) is 24.9 Å². The van der Waals surface area contributed by atoms with E-state index in [9.17, 15) is 63.6 Å². The average molecular weight is 1020 g/mol. The molecule has 9 rings (SSSR count). The third kappa shape index (κ3) is 9.79. The standard InChI is InChI=1S/C55H34N4O17/c1-73-54(71)39-20-30(8-16-34(39)51(65)66)45(60)29-7-15-33(50(63)64)35(19-29)46(61)56-31-11-3-25(4-12-31)48-58-41-17-9-28(22-44(41)76-48)27-10-18-43-42(21-27)59-49(75-43)26-5-13-32(14-6-26)57-47(62)36-23-40(55(72)74-2)38(53(69)70)24-37(36)52(67)68/h3-24H,1-2H3,(H,56,61)(H,57,62)(H,63,64)(H,65,66)(H,67,68)(H,69,70). The Morgan fingerprint density at radius 1 is 0.395 bits per heavy atom. The molecule has 7 aromatic carbocycles. The number of carboxylic acid groups (broad SMARTS) is 4. The first-order valence-corrected chi connectivity index (χ1v) is 22.2. The van der Waals surface area contributed by atoms with Gasteiger partial charge in [-0.2, -0.15) is 0 Å². The lowest BCUT2D eigenvalue weighted by molar-refractivity contribution is 0.0579. The number of ether oxygens (including phenoxy) is 2. The van der Waals surface area contributed by atoms with Gasteiger partial charge in [-0.25, -0.2) is 38.7 Å². The second-order valence-corrected chi connectivity index (χ2v) is 16.5. The van der Waals surface area contributed by atoms with Gasteiger partial charge in [0.15, 0.2) is 16.9 Å². The topological polar surface area (TPSA) is 329 Å². The predicted octanol–water partition coefficient (Wildman–Crippen LogP) is 9.07. The smallest absolute Gasteiger partial charge is 0.338 e. The summed E-state index contributed by atoms with van der Waals surface area (Å²) in [6, 6.07) is 31.6. The first kappa shape index (κ1) is 49.9. The Bertz CT molecular complexity index is 3970. The number of nitrogens with zero attached hydrogens (tertiary/aromatic N) is 2. The van der Waals surface area contributed by atoms with Gasteiger partial charge in [0.2, 0.25) is 11.8 Å². The number of hydrogen-bond donors (Lipinski definition) is 6.